The van der Waals surface area contributed by atoms with Gasteiger partial charge in [-0.2, -0.15) is 18.3 Å². The van der Waals surface area contributed by atoms with Gasteiger partial charge in [0, 0.05) is 34.5 Å². The van der Waals surface area contributed by atoms with Crippen LogP contribution in [0.1, 0.15) is 11.3 Å². The maximum atomic E-state index is 13.6. The van der Waals surface area contributed by atoms with Crippen LogP contribution >= 0.6 is 11.9 Å². The first-order chi connectivity index (χ1) is 13.8. The summed E-state index contributed by atoms with van der Waals surface area (Å²) >= 11 is 1.42. The van der Waals surface area contributed by atoms with E-state index in [0.29, 0.717) is 17.8 Å². The number of rotatable bonds is 5. The van der Waals surface area contributed by atoms with E-state index in [9.17, 15) is 17.6 Å². The zero-order valence-corrected chi connectivity index (χ0v) is 16.1. The Hall–Kier alpha value is -2.59. The molecule has 4 rings (SSSR count). The largest absolute Gasteiger partial charge is 0.417 e. The normalized spacial score (nSPS) is 16.1. The van der Waals surface area contributed by atoms with Crippen LogP contribution < -0.4 is 10.0 Å². The molecular formula is C19H17F4N5S. The second kappa shape index (κ2) is 7.68. The average molecular weight is 423 g/mol. The molecule has 5 nitrogen and oxygen atoms in total. The number of nitrogens with one attached hydrogen (secondary N) is 2. The first-order valence-electron chi connectivity index (χ1n) is 8.82. The Morgan fingerprint density at radius 3 is 2.66 bits per heavy atom. The number of pyridine rings is 1. The molecule has 0 bridgehead atoms. The molecule has 0 fully saturated rings. The van der Waals surface area contributed by atoms with Crippen molar-refractivity contribution in [2.24, 2.45) is 0 Å². The smallest absolute Gasteiger partial charge is 0.340 e. The van der Waals surface area contributed by atoms with Crippen LogP contribution in [0, 0.1) is 0 Å². The average Bonchev–Trinajstić information content (AvgIpc) is 3.20. The third-order valence-electron chi connectivity index (χ3n) is 4.51. The summed E-state index contributed by atoms with van der Waals surface area (Å²) in [6, 6.07) is 9.71. The third-order valence-corrected chi connectivity index (χ3v) is 5.20. The number of alkyl halides is 4. The monoisotopic (exact) mass is 423 g/mol. The van der Waals surface area contributed by atoms with Crippen LogP contribution in [0.2, 0.25) is 0 Å². The van der Waals surface area contributed by atoms with Gasteiger partial charge in [-0.15, -0.1) is 0 Å². The summed E-state index contributed by atoms with van der Waals surface area (Å²) < 4.78 is 56.5. The molecule has 1 atom stereocenters. The van der Waals surface area contributed by atoms with E-state index in [1.807, 2.05) is 24.3 Å². The molecule has 0 saturated heterocycles. The van der Waals surface area contributed by atoms with Crippen molar-refractivity contribution in [2.45, 2.75) is 30.2 Å². The first kappa shape index (κ1) is 19.7. The number of anilines is 2. The van der Waals surface area contributed by atoms with Crippen LogP contribution in [0.3, 0.4) is 0 Å². The number of hydrogen-bond acceptors (Lipinski definition) is 5. The van der Waals surface area contributed by atoms with Crippen molar-refractivity contribution in [3.8, 4) is 11.3 Å². The first-order valence-corrected chi connectivity index (χ1v) is 9.64. The van der Waals surface area contributed by atoms with Gasteiger partial charge >= 0.3 is 6.18 Å². The highest BCUT2D eigenvalue weighted by atomic mass is 32.2. The van der Waals surface area contributed by atoms with Crippen molar-refractivity contribution in [2.75, 3.05) is 12.4 Å². The van der Waals surface area contributed by atoms with Crippen molar-refractivity contribution in [1.82, 2.24) is 19.5 Å². The molecule has 3 heterocycles. The highest BCUT2D eigenvalue weighted by Gasteiger charge is 2.30. The molecular weight excluding hydrogens is 406 g/mol. The molecule has 1 aliphatic heterocycles. The van der Waals surface area contributed by atoms with Gasteiger partial charge in [0.25, 0.3) is 0 Å². The SMILES string of the molecule is CNSc1ccc(Nc2ccc(C(F)(F)F)cn2)c(-c2cc3n(n2)CC(F)C3)c1. The Kier molecular flexibility index (Phi) is 5.22. The lowest BCUT2D eigenvalue weighted by Gasteiger charge is -2.13. The van der Waals surface area contributed by atoms with Crippen LogP contribution in [0.4, 0.5) is 29.1 Å². The van der Waals surface area contributed by atoms with Crippen LogP contribution in [0.5, 0.6) is 0 Å². The summed E-state index contributed by atoms with van der Waals surface area (Å²) in [6.07, 6.45) is -4.25. The minimum Gasteiger partial charge on any atom is -0.340 e. The van der Waals surface area contributed by atoms with Gasteiger partial charge < -0.3 is 5.32 Å². The number of benzene rings is 1. The summed E-state index contributed by atoms with van der Waals surface area (Å²) in [5.74, 6) is 0.281. The van der Waals surface area contributed by atoms with E-state index >= 15 is 0 Å². The molecule has 0 amide bonds. The van der Waals surface area contributed by atoms with Crippen molar-refractivity contribution >= 4 is 23.5 Å². The zero-order valence-electron chi connectivity index (χ0n) is 15.3. The van der Waals surface area contributed by atoms with Gasteiger partial charge in [-0.3, -0.25) is 9.40 Å². The fourth-order valence-electron chi connectivity index (χ4n) is 3.19. The maximum absolute atomic E-state index is 13.6. The molecule has 3 aromatic rings. The molecule has 2 N–H and O–H groups in total. The van der Waals surface area contributed by atoms with Gasteiger partial charge in [-0.05, 0) is 55.4 Å². The van der Waals surface area contributed by atoms with Crippen LogP contribution in [0.15, 0.2) is 47.5 Å². The number of aromatic nitrogens is 3. The predicted molar refractivity (Wildman–Crippen MR) is 104 cm³/mol. The molecule has 152 valence electrons. The van der Waals surface area contributed by atoms with E-state index in [0.717, 1.165) is 28.4 Å². The van der Waals surface area contributed by atoms with E-state index in [4.69, 9.17) is 0 Å². The molecule has 2 aromatic heterocycles. The molecule has 0 aliphatic carbocycles. The molecule has 10 heteroatoms. The third kappa shape index (κ3) is 4.23. The number of fused-ring (bicyclic) bond motifs is 1. The summed E-state index contributed by atoms with van der Waals surface area (Å²) in [5, 5.41) is 7.56. The molecule has 1 aliphatic rings. The Morgan fingerprint density at radius 2 is 2.00 bits per heavy atom. The van der Waals surface area contributed by atoms with Crippen molar-refractivity contribution in [1.29, 1.82) is 0 Å². The second-order valence-corrected chi connectivity index (χ2v) is 7.66. The Bertz CT molecular complexity index is 993. The maximum Gasteiger partial charge on any atom is 0.417 e. The van der Waals surface area contributed by atoms with Crippen molar-refractivity contribution in [3.05, 3.63) is 53.9 Å². The lowest BCUT2D eigenvalue weighted by molar-refractivity contribution is -0.137. The highest BCUT2D eigenvalue weighted by molar-refractivity contribution is 7.97. The van der Waals surface area contributed by atoms with E-state index in [1.54, 1.807) is 11.7 Å². The van der Waals surface area contributed by atoms with Gasteiger partial charge in [0.15, 0.2) is 0 Å². The topological polar surface area (TPSA) is 54.8 Å². The number of halogens is 4. The van der Waals surface area contributed by atoms with Gasteiger partial charge in [0.05, 0.1) is 17.8 Å². The summed E-state index contributed by atoms with van der Waals surface area (Å²) in [6.45, 7) is 0.226. The van der Waals surface area contributed by atoms with Crippen molar-refractivity contribution in [3.63, 3.8) is 0 Å². The molecule has 0 saturated carbocycles. The number of nitrogens with zero attached hydrogens (tertiary/aromatic N) is 3. The Labute approximate surface area is 168 Å². The van der Waals surface area contributed by atoms with E-state index in [-0.39, 0.29) is 12.4 Å². The summed E-state index contributed by atoms with van der Waals surface area (Å²) in [4.78, 5) is 4.81. The molecule has 1 unspecified atom stereocenters. The quantitative estimate of drug-likeness (QED) is 0.455. The fourth-order valence-corrected chi connectivity index (χ4v) is 3.74. The second-order valence-electron chi connectivity index (χ2n) is 6.57. The molecule has 1 aromatic carbocycles. The highest BCUT2D eigenvalue weighted by Crippen LogP contribution is 2.35. The van der Waals surface area contributed by atoms with E-state index in [2.05, 4.69) is 20.1 Å². The standard InChI is InChI=1S/C19H17F4N5S/c1-24-29-14-3-4-16(26-18-5-2-11(9-25-18)19(21,22)23)15(8-14)17-7-13-6-12(20)10-28(13)27-17/h2-5,7-9,12,24H,6,10H2,1H3,(H,25,26). The van der Waals surface area contributed by atoms with Gasteiger partial charge in [-0.1, -0.05) is 0 Å². The van der Waals surface area contributed by atoms with Gasteiger partial charge in [-0.25, -0.2) is 9.37 Å². The minimum absolute atomic E-state index is 0.226. The minimum atomic E-state index is -4.44. The predicted octanol–water partition coefficient (Wildman–Crippen LogP) is 4.83. The van der Waals surface area contributed by atoms with E-state index in [1.165, 1.54) is 18.0 Å². The van der Waals surface area contributed by atoms with Crippen LogP contribution in [-0.2, 0) is 19.1 Å². The zero-order chi connectivity index (χ0) is 20.6. The fraction of sp³-hybridized carbons (Fsp3) is 0.263. The van der Waals surface area contributed by atoms with E-state index < -0.39 is 17.9 Å². The molecule has 0 spiro atoms. The molecule has 0 radical (unpaired) electrons. The Morgan fingerprint density at radius 1 is 1.17 bits per heavy atom. The Balaban J connectivity index is 1.67. The summed E-state index contributed by atoms with van der Waals surface area (Å²) in [7, 11) is 1.80. The van der Waals surface area contributed by atoms with Gasteiger partial charge in [0.2, 0.25) is 0 Å². The van der Waals surface area contributed by atoms with Gasteiger partial charge in [0.1, 0.15) is 12.0 Å². The summed E-state index contributed by atoms with van der Waals surface area (Å²) in [5.41, 5.74) is 2.07. The lowest BCUT2D eigenvalue weighted by atomic mass is 10.1. The lowest BCUT2D eigenvalue weighted by Crippen LogP contribution is -2.06. The van der Waals surface area contributed by atoms with Crippen LogP contribution in [0.25, 0.3) is 11.3 Å². The molecule has 29 heavy (non-hydrogen) atoms. The van der Waals surface area contributed by atoms with Crippen LogP contribution in [-0.4, -0.2) is 28.0 Å². The number of hydrogen-bond donors (Lipinski definition) is 2. The van der Waals surface area contributed by atoms with Crippen molar-refractivity contribution < 1.29 is 17.6 Å².